The van der Waals surface area contributed by atoms with E-state index in [0.29, 0.717) is 11.4 Å². The molecule has 1 fully saturated rings. The van der Waals surface area contributed by atoms with Gasteiger partial charge in [0.05, 0.1) is 6.10 Å². The van der Waals surface area contributed by atoms with Crippen LogP contribution >= 0.6 is 11.6 Å². The third kappa shape index (κ3) is 5.12. The van der Waals surface area contributed by atoms with E-state index in [0.717, 1.165) is 24.8 Å². The lowest BCUT2D eigenvalue weighted by atomic mass is 9.91. The fourth-order valence-electron chi connectivity index (χ4n) is 3.27. The molecule has 1 aliphatic rings. The van der Waals surface area contributed by atoms with Gasteiger partial charge in [-0.1, -0.05) is 23.7 Å². The van der Waals surface area contributed by atoms with Crippen LogP contribution in [0.25, 0.3) is 0 Å². The molecular weight excluding hydrogens is 326 g/mol. The first-order valence-corrected chi connectivity index (χ1v) is 9.00. The number of benzene rings is 1. The van der Waals surface area contributed by atoms with Gasteiger partial charge in [-0.15, -0.1) is 0 Å². The lowest BCUT2D eigenvalue weighted by Gasteiger charge is -2.41. The zero-order chi connectivity index (χ0) is 17.9. The van der Waals surface area contributed by atoms with Crippen molar-refractivity contribution in [2.24, 2.45) is 0 Å². The van der Waals surface area contributed by atoms with Gasteiger partial charge in [0, 0.05) is 17.1 Å². The highest BCUT2D eigenvalue weighted by Crippen LogP contribution is 2.31. The molecule has 1 aromatic rings. The normalized spacial score (nSPS) is 23.0. The molecule has 0 aliphatic carbocycles. The Bertz CT molecular complexity index is 570. The van der Waals surface area contributed by atoms with Crippen LogP contribution in [0.5, 0.6) is 0 Å². The minimum atomic E-state index is -0.649. The van der Waals surface area contributed by atoms with E-state index in [9.17, 15) is 9.90 Å². The number of carbonyl (C=O) groups is 1. The summed E-state index contributed by atoms with van der Waals surface area (Å²) in [4.78, 5) is 14.4. The van der Waals surface area contributed by atoms with Crippen molar-refractivity contribution in [3.05, 3.63) is 34.9 Å². The summed E-state index contributed by atoms with van der Waals surface area (Å²) in [5, 5.41) is 11.2. The molecule has 1 aliphatic heterocycles. The number of aliphatic hydroxyl groups excluding tert-OH is 1. The Morgan fingerprint density at radius 3 is 2.75 bits per heavy atom. The molecule has 24 heavy (non-hydrogen) atoms. The van der Waals surface area contributed by atoms with Crippen LogP contribution in [0.15, 0.2) is 24.3 Å². The molecule has 4 nitrogen and oxygen atoms in total. The number of amides is 1. The molecule has 3 unspecified atom stereocenters. The number of piperidine rings is 1. The summed E-state index contributed by atoms with van der Waals surface area (Å²) in [6.45, 7) is 7.65. The second-order valence-corrected chi connectivity index (χ2v) is 8.06. The maximum atomic E-state index is 12.6. The van der Waals surface area contributed by atoms with Crippen LogP contribution in [0.2, 0.25) is 5.02 Å². The summed E-state index contributed by atoms with van der Waals surface area (Å²) in [5.74, 6) is 0. The standard InChI is InChI=1S/C19H28ClNO3/c1-13-7-5-10-16(21(13)18(23)24-19(2,3)4)12-17(22)14-8-6-9-15(20)11-14/h6,8-9,11,13,16-17,22H,5,7,10,12H2,1-4H3. The van der Waals surface area contributed by atoms with Gasteiger partial charge in [0.1, 0.15) is 5.60 Å². The number of hydrogen-bond acceptors (Lipinski definition) is 3. The van der Waals surface area contributed by atoms with E-state index >= 15 is 0 Å². The van der Waals surface area contributed by atoms with E-state index in [1.165, 1.54) is 0 Å². The number of hydrogen-bond donors (Lipinski definition) is 1. The first-order valence-electron chi connectivity index (χ1n) is 8.62. The molecule has 1 saturated heterocycles. The van der Waals surface area contributed by atoms with Crippen molar-refractivity contribution in [1.29, 1.82) is 0 Å². The molecule has 134 valence electrons. The zero-order valence-corrected chi connectivity index (χ0v) is 15.7. The van der Waals surface area contributed by atoms with E-state index in [-0.39, 0.29) is 18.2 Å². The van der Waals surface area contributed by atoms with Crippen molar-refractivity contribution in [1.82, 2.24) is 4.90 Å². The van der Waals surface area contributed by atoms with Gasteiger partial charge in [-0.2, -0.15) is 0 Å². The van der Waals surface area contributed by atoms with Crippen LogP contribution in [-0.4, -0.2) is 33.8 Å². The molecule has 0 bridgehead atoms. The summed E-state index contributed by atoms with van der Waals surface area (Å²) in [7, 11) is 0. The molecular formula is C19H28ClNO3. The van der Waals surface area contributed by atoms with Crippen LogP contribution in [-0.2, 0) is 4.74 Å². The van der Waals surface area contributed by atoms with E-state index < -0.39 is 11.7 Å². The van der Waals surface area contributed by atoms with E-state index in [2.05, 4.69) is 0 Å². The Balaban J connectivity index is 2.12. The lowest BCUT2D eigenvalue weighted by Crippen LogP contribution is -2.51. The van der Waals surface area contributed by atoms with Gasteiger partial charge in [0.15, 0.2) is 0 Å². The SMILES string of the molecule is CC1CCCC(CC(O)c2cccc(Cl)c2)N1C(=O)OC(C)(C)C. The summed E-state index contributed by atoms with van der Waals surface area (Å²) in [5.41, 5.74) is 0.259. The number of carbonyl (C=O) groups excluding carboxylic acids is 1. The van der Waals surface area contributed by atoms with Gasteiger partial charge in [0.2, 0.25) is 0 Å². The van der Waals surface area contributed by atoms with E-state index in [1.807, 2.05) is 44.7 Å². The maximum absolute atomic E-state index is 12.6. The Morgan fingerprint density at radius 1 is 1.42 bits per heavy atom. The first kappa shape index (κ1) is 19.1. The van der Waals surface area contributed by atoms with Crippen LogP contribution in [0.1, 0.15) is 65.0 Å². The molecule has 1 amide bonds. The topological polar surface area (TPSA) is 49.8 Å². The molecule has 0 aromatic heterocycles. The molecule has 5 heteroatoms. The molecule has 0 saturated carbocycles. The molecule has 3 atom stereocenters. The van der Waals surface area contributed by atoms with Crippen molar-refractivity contribution in [3.63, 3.8) is 0 Å². The van der Waals surface area contributed by atoms with Crippen LogP contribution in [0, 0.1) is 0 Å². The van der Waals surface area contributed by atoms with Gasteiger partial charge < -0.3 is 14.7 Å². The number of ether oxygens (including phenoxy) is 1. The van der Waals surface area contributed by atoms with Crippen LogP contribution in [0.3, 0.4) is 0 Å². The highest BCUT2D eigenvalue weighted by Gasteiger charge is 2.35. The van der Waals surface area contributed by atoms with Crippen LogP contribution in [0.4, 0.5) is 4.79 Å². The fourth-order valence-corrected chi connectivity index (χ4v) is 3.47. The van der Waals surface area contributed by atoms with Gasteiger partial charge in [-0.25, -0.2) is 4.79 Å². The molecule has 1 N–H and O–H groups in total. The van der Waals surface area contributed by atoms with Gasteiger partial charge in [-0.3, -0.25) is 0 Å². The number of halogens is 1. The largest absolute Gasteiger partial charge is 0.444 e. The maximum Gasteiger partial charge on any atom is 0.410 e. The van der Waals surface area contributed by atoms with Gasteiger partial charge in [0.25, 0.3) is 0 Å². The Hall–Kier alpha value is -1.26. The minimum absolute atomic E-state index is 0.0300. The molecule has 1 aromatic carbocycles. The Morgan fingerprint density at radius 2 is 2.12 bits per heavy atom. The average Bonchev–Trinajstić information content (AvgIpc) is 2.45. The fraction of sp³-hybridized carbons (Fsp3) is 0.632. The Kier molecular flexibility index (Phi) is 6.16. The number of likely N-dealkylation sites (tertiary alicyclic amines) is 1. The minimum Gasteiger partial charge on any atom is -0.444 e. The monoisotopic (exact) mass is 353 g/mol. The summed E-state index contributed by atoms with van der Waals surface area (Å²) in [6, 6.07) is 7.34. The van der Waals surface area contributed by atoms with Gasteiger partial charge >= 0.3 is 6.09 Å². The quantitative estimate of drug-likeness (QED) is 0.837. The molecule has 1 heterocycles. The highest BCUT2D eigenvalue weighted by atomic mass is 35.5. The predicted molar refractivity (Wildman–Crippen MR) is 96.2 cm³/mol. The smallest absolute Gasteiger partial charge is 0.410 e. The third-order valence-corrected chi connectivity index (χ3v) is 4.60. The van der Waals surface area contributed by atoms with Crippen molar-refractivity contribution >= 4 is 17.7 Å². The van der Waals surface area contributed by atoms with Crippen LogP contribution < -0.4 is 0 Å². The third-order valence-electron chi connectivity index (χ3n) is 4.36. The summed E-state index contributed by atoms with van der Waals surface area (Å²) < 4.78 is 5.57. The Labute approximate surface area is 149 Å². The van der Waals surface area contributed by atoms with Crippen molar-refractivity contribution < 1.29 is 14.6 Å². The number of nitrogens with zero attached hydrogens (tertiary/aromatic N) is 1. The second kappa shape index (κ2) is 7.75. The van der Waals surface area contributed by atoms with Crippen molar-refractivity contribution in [3.8, 4) is 0 Å². The second-order valence-electron chi connectivity index (χ2n) is 7.63. The highest BCUT2D eigenvalue weighted by molar-refractivity contribution is 6.30. The summed E-state index contributed by atoms with van der Waals surface area (Å²) in [6.07, 6.45) is 2.43. The van der Waals surface area contributed by atoms with Crippen molar-refractivity contribution in [2.75, 3.05) is 0 Å². The number of rotatable bonds is 3. The number of aliphatic hydroxyl groups is 1. The molecule has 0 radical (unpaired) electrons. The van der Waals surface area contributed by atoms with Gasteiger partial charge in [-0.05, 0) is 71.1 Å². The average molecular weight is 354 g/mol. The molecule has 0 spiro atoms. The van der Waals surface area contributed by atoms with E-state index in [4.69, 9.17) is 16.3 Å². The predicted octanol–water partition coefficient (Wildman–Crippen LogP) is 4.94. The first-order chi connectivity index (χ1) is 11.2. The van der Waals surface area contributed by atoms with Crippen molar-refractivity contribution in [2.45, 2.75) is 77.2 Å². The zero-order valence-electron chi connectivity index (χ0n) is 15.0. The van der Waals surface area contributed by atoms with E-state index in [1.54, 1.807) is 12.1 Å². The molecule has 2 rings (SSSR count). The summed E-state index contributed by atoms with van der Waals surface area (Å²) >= 11 is 6.01. The lowest BCUT2D eigenvalue weighted by molar-refractivity contribution is -0.0112.